The lowest BCUT2D eigenvalue weighted by atomic mass is 10.0. The minimum absolute atomic E-state index is 0.00341. The molecule has 194 valence electrons. The molecule has 0 saturated heterocycles. The number of aryl methyl sites for hydroxylation is 1. The van der Waals surface area contributed by atoms with Crippen molar-refractivity contribution in [2.45, 2.75) is 25.7 Å². The third-order valence-corrected chi connectivity index (χ3v) is 6.55. The van der Waals surface area contributed by atoms with Gasteiger partial charge in [-0.2, -0.15) is 0 Å². The zero-order valence-corrected chi connectivity index (χ0v) is 21.1. The fourth-order valence-corrected chi connectivity index (χ4v) is 4.65. The minimum Gasteiger partial charge on any atom is -0.421 e. The molecule has 1 fully saturated rings. The molecule has 9 nitrogen and oxygen atoms in total. The number of carbonyl (C=O) groups excluding carboxylic acids is 1. The lowest BCUT2D eigenvalue weighted by Gasteiger charge is -2.15. The highest BCUT2D eigenvalue weighted by molar-refractivity contribution is 6.00. The molecular formula is C29H24FN7O2. The van der Waals surface area contributed by atoms with Gasteiger partial charge < -0.3 is 20.4 Å². The largest absolute Gasteiger partial charge is 0.421 e. The molecule has 0 unspecified atom stereocenters. The van der Waals surface area contributed by atoms with E-state index in [2.05, 4.69) is 31.8 Å². The van der Waals surface area contributed by atoms with Crippen molar-refractivity contribution in [2.24, 2.45) is 0 Å². The van der Waals surface area contributed by atoms with Crippen molar-refractivity contribution in [3.63, 3.8) is 0 Å². The Bertz CT molecular complexity index is 1740. The summed E-state index contributed by atoms with van der Waals surface area (Å²) in [4.78, 5) is 28.8. The molecule has 0 radical (unpaired) electrons. The Morgan fingerprint density at radius 1 is 1.15 bits per heavy atom. The van der Waals surface area contributed by atoms with Gasteiger partial charge in [0.2, 0.25) is 5.91 Å². The van der Waals surface area contributed by atoms with Gasteiger partial charge in [-0.05, 0) is 67.7 Å². The van der Waals surface area contributed by atoms with Gasteiger partial charge in [0.1, 0.15) is 11.8 Å². The molecule has 0 spiro atoms. The van der Waals surface area contributed by atoms with Crippen molar-refractivity contribution < 1.29 is 13.9 Å². The third-order valence-electron chi connectivity index (χ3n) is 6.55. The van der Waals surface area contributed by atoms with E-state index in [0.717, 1.165) is 35.2 Å². The summed E-state index contributed by atoms with van der Waals surface area (Å²) in [7, 11) is 0. The van der Waals surface area contributed by atoms with Crippen LogP contribution in [0.1, 0.15) is 30.0 Å². The van der Waals surface area contributed by atoms with Crippen molar-refractivity contribution in [3.8, 4) is 28.7 Å². The number of ether oxygens (including phenoxy) is 1. The Balaban J connectivity index is 1.51. The second-order valence-corrected chi connectivity index (χ2v) is 9.30. The smallest absolute Gasteiger partial charge is 0.322 e. The van der Waals surface area contributed by atoms with Crippen LogP contribution in [0, 0.1) is 12.7 Å². The van der Waals surface area contributed by atoms with E-state index >= 15 is 4.39 Å². The molecule has 3 aromatic heterocycles. The van der Waals surface area contributed by atoms with Crippen molar-refractivity contribution in [1.82, 2.24) is 24.5 Å². The fraction of sp³-hybridized carbons (Fsp3) is 0.138. The van der Waals surface area contributed by atoms with Gasteiger partial charge in [-0.25, -0.2) is 24.3 Å². The quantitative estimate of drug-likeness (QED) is 0.264. The number of fused-ring (bicyclic) bond motifs is 1. The Kier molecular flexibility index (Phi) is 5.99. The standard InChI is InChI=1S/C29H24FN7O2/c1-3-23(38)36-19-8-6-18(7-9-19)26-24(17-4-5-17)25-27(28(31)34-15-33-25)37(26)20-10-11-22(21(30)14-20)39-29-32-13-12-16(2)35-29/h3,6-15,17H,1,4-5H2,2H3,(H,36,38)(H2,31,33,34). The molecule has 39 heavy (non-hydrogen) atoms. The van der Waals surface area contributed by atoms with Crippen LogP contribution in [-0.4, -0.2) is 30.4 Å². The topological polar surface area (TPSA) is 121 Å². The van der Waals surface area contributed by atoms with E-state index in [9.17, 15) is 4.79 Å². The van der Waals surface area contributed by atoms with Gasteiger partial charge in [-0.3, -0.25) is 4.79 Å². The molecule has 5 aromatic rings. The van der Waals surface area contributed by atoms with Crippen molar-refractivity contribution in [3.05, 3.63) is 90.8 Å². The monoisotopic (exact) mass is 521 g/mol. The molecule has 3 heterocycles. The molecule has 0 bridgehead atoms. The Morgan fingerprint density at radius 3 is 2.64 bits per heavy atom. The van der Waals surface area contributed by atoms with Gasteiger partial charge in [0, 0.05) is 34.9 Å². The molecular weight excluding hydrogens is 497 g/mol. The first-order chi connectivity index (χ1) is 18.9. The molecule has 1 aliphatic rings. The predicted molar refractivity (Wildman–Crippen MR) is 146 cm³/mol. The zero-order valence-electron chi connectivity index (χ0n) is 21.1. The van der Waals surface area contributed by atoms with Crippen LogP contribution < -0.4 is 15.8 Å². The number of anilines is 2. The van der Waals surface area contributed by atoms with Crippen molar-refractivity contribution in [2.75, 3.05) is 11.1 Å². The van der Waals surface area contributed by atoms with E-state index in [1.807, 2.05) is 28.8 Å². The van der Waals surface area contributed by atoms with Gasteiger partial charge in [-0.15, -0.1) is 0 Å². The van der Waals surface area contributed by atoms with Crippen LogP contribution in [0.2, 0.25) is 0 Å². The van der Waals surface area contributed by atoms with Gasteiger partial charge in [0.05, 0.1) is 11.2 Å². The van der Waals surface area contributed by atoms with Crippen LogP contribution in [0.3, 0.4) is 0 Å². The summed E-state index contributed by atoms with van der Waals surface area (Å²) in [6, 6.07) is 13.9. The second-order valence-electron chi connectivity index (χ2n) is 9.30. The summed E-state index contributed by atoms with van der Waals surface area (Å²) in [5.41, 5.74) is 12.3. The highest BCUT2D eigenvalue weighted by Gasteiger charge is 2.34. The van der Waals surface area contributed by atoms with Gasteiger partial charge in [0.25, 0.3) is 0 Å². The maximum absolute atomic E-state index is 15.4. The number of carbonyl (C=O) groups is 1. The summed E-state index contributed by atoms with van der Waals surface area (Å²) < 4.78 is 22.9. The highest BCUT2D eigenvalue weighted by atomic mass is 19.1. The maximum Gasteiger partial charge on any atom is 0.322 e. The summed E-state index contributed by atoms with van der Waals surface area (Å²) in [6.45, 7) is 5.29. The average molecular weight is 522 g/mol. The second kappa shape index (κ2) is 9.64. The fourth-order valence-electron chi connectivity index (χ4n) is 4.65. The first kappa shape index (κ1) is 24.2. The number of rotatable bonds is 7. The lowest BCUT2D eigenvalue weighted by molar-refractivity contribution is -0.111. The molecule has 1 aliphatic carbocycles. The number of benzene rings is 2. The normalized spacial score (nSPS) is 12.9. The van der Waals surface area contributed by atoms with Gasteiger partial charge in [-0.1, -0.05) is 18.7 Å². The Labute approximate surface area is 223 Å². The molecule has 6 rings (SSSR count). The van der Waals surface area contributed by atoms with E-state index in [1.165, 1.54) is 24.5 Å². The van der Waals surface area contributed by atoms with Crippen LogP contribution >= 0.6 is 0 Å². The van der Waals surface area contributed by atoms with Gasteiger partial charge in [0.15, 0.2) is 17.4 Å². The number of amides is 1. The molecule has 0 atom stereocenters. The highest BCUT2D eigenvalue weighted by Crippen LogP contribution is 2.50. The molecule has 1 amide bonds. The van der Waals surface area contributed by atoms with Crippen LogP contribution in [0.5, 0.6) is 11.8 Å². The number of halogens is 1. The number of nitrogens with zero attached hydrogens (tertiary/aromatic N) is 5. The first-order valence-corrected chi connectivity index (χ1v) is 12.4. The number of nitrogen functional groups attached to an aromatic ring is 1. The summed E-state index contributed by atoms with van der Waals surface area (Å²) in [5.74, 6) is -0.305. The number of aromatic nitrogens is 5. The number of nitrogens with one attached hydrogen (secondary N) is 1. The van der Waals surface area contributed by atoms with E-state index in [-0.39, 0.29) is 23.5 Å². The van der Waals surface area contributed by atoms with E-state index in [4.69, 9.17) is 10.5 Å². The van der Waals surface area contributed by atoms with E-state index in [1.54, 1.807) is 25.3 Å². The minimum atomic E-state index is -0.587. The van der Waals surface area contributed by atoms with Crippen molar-refractivity contribution in [1.29, 1.82) is 0 Å². The third kappa shape index (κ3) is 4.56. The van der Waals surface area contributed by atoms with E-state index in [0.29, 0.717) is 28.5 Å². The number of hydrogen-bond donors (Lipinski definition) is 2. The van der Waals surface area contributed by atoms with Crippen LogP contribution in [0.4, 0.5) is 15.9 Å². The number of hydrogen-bond acceptors (Lipinski definition) is 7. The van der Waals surface area contributed by atoms with E-state index < -0.39 is 5.82 Å². The lowest BCUT2D eigenvalue weighted by Crippen LogP contribution is -2.07. The summed E-state index contributed by atoms with van der Waals surface area (Å²) >= 11 is 0. The van der Waals surface area contributed by atoms with Crippen molar-refractivity contribution >= 4 is 28.4 Å². The first-order valence-electron chi connectivity index (χ1n) is 12.4. The molecule has 0 aliphatic heterocycles. The van der Waals surface area contributed by atoms with Crippen LogP contribution in [0.15, 0.2) is 73.7 Å². The zero-order chi connectivity index (χ0) is 27.1. The van der Waals surface area contributed by atoms with Crippen LogP contribution in [-0.2, 0) is 4.79 Å². The average Bonchev–Trinajstić information content (AvgIpc) is 3.71. The molecule has 1 saturated carbocycles. The predicted octanol–water partition coefficient (Wildman–Crippen LogP) is 5.70. The van der Waals surface area contributed by atoms with Crippen LogP contribution in [0.25, 0.3) is 28.0 Å². The Morgan fingerprint density at radius 2 is 1.95 bits per heavy atom. The maximum atomic E-state index is 15.4. The SMILES string of the molecule is C=CC(=O)Nc1ccc(-c2c(C3CC3)c3ncnc(N)c3n2-c2ccc(Oc3nccc(C)n3)c(F)c2)cc1. The molecule has 2 aromatic carbocycles. The van der Waals surface area contributed by atoms with Gasteiger partial charge >= 0.3 is 6.01 Å². The number of nitrogens with two attached hydrogens (primary N) is 1. The summed E-state index contributed by atoms with van der Waals surface area (Å²) in [5, 5.41) is 2.76. The Hall–Kier alpha value is -5.12. The molecule has 3 N–H and O–H groups in total. The molecule has 10 heteroatoms. The summed E-state index contributed by atoms with van der Waals surface area (Å²) in [6.07, 6.45) is 6.25.